The minimum absolute atomic E-state index is 0.0582. The first-order valence-electron chi connectivity index (χ1n) is 14.2. The van der Waals surface area contributed by atoms with Crippen LogP contribution in [0, 0.1) is 23.7 Å². The van der Waals surface area contributed by atoms with E-state index in [2.05, 4.69) is 5.32 Å². The third-order valence-electron chi connectivity index (χ3n) is 9.05. The van der Waals surface area contributed by atoms with E-state index in [4.69, 9.17) is 22.1 Å². The van der Waals surface area contributed by atoms with E-state index in [0.29, 0.717) is 16.3 Å². The molecule has 0 spiro atoms. The van der Waals surface area contributed by atoms with Crippen molar-refractivity contribution in [3.05, 3.63) is 52.0 Å². The van der Waals surface area contributed by atoms with Crippen LogP contribution in [0.4, 0.5) is 10.5 Å². The zero-order valence-electron chi connectivity index (χ0n) is 25.0. The van der Waals surface area contributed by atoms with Gasteiger partial charge in [-0.15, -0.1) is 0 Å². The molecule has 0 aromatic heterocycles. The Balaban J connectivity index is 1.51. The molecule has 5 rings (SSSR count). The van der Waals surface area contributed by atoms with Crippen LogP contribution in [0.2, 0.25) is 5.02 Å². The largest absolute Gasteiger partial charge is 0.507 e. The molecule has 13 nitrogen and oxygen atoms in total. The van der Waals surface area contributed by atoms with Gasteiger partial charge in [0, 0.05) is 42.8 Å². The van der Waals surface area contributed by atoms with Crippen LogP contribution in [0.1, 0.15) is 27.9 Å². The number of nitrogens with two attached hydrogens (primary N) is 1. The van der Waals surface area contributed by atoms with Crippen molar-refractivity contribution in [1.82, 2.24) is 10.2 Å². The first-order valence-corrected chi connectivity index (χ1v) is 14.6. The van der Waals surface area contributed by atoms with Gasteiger partial charge in [-0.2, -0.15) is 0 Å². The molecule has 0 radical (unpaired) electrons. The van der Waals surface area contributed by atoms with E-state index in [1.54, 1.807) is 37.2 Å². The molecule has 3 aliphatic carbocycles. The van der Waals surface area contributed by atoms with Crippen LogP contribution in [0.25, 0.3) is 0 Å². The molecule has 2 unspecified atom stereocenters. The van der Waals surface area contributed by atoms with Gasteiger partial charge in [0.1, 0.15) is 11.5 Å². The number of fused-ring (bicyclic) bond motifs is 3. The summed E-state index contributed by atoms with van der Waals surface area (Å²) in [6.45, 7) is -0.251. The quantitative estimate of drug-likeness (QED) is 0.327. The lowest BCUT2D eigenvalue weighted by Gasteiger charge is -2.52. The SMILES string of the molecule is CN(C)c1cc(CNC(=O)Oc2ccc(Cl)cc2)c(O)c2c1C[C@H]1C[C@H]3[C@H](N(C)C)C(=O)C(C(N)=O)C(=O)[C@@]3(O)C(=O)C1C2=O. The van der Waals surface area contributed by atoms with Crippen LogP contribution in [-0.2, 0) is 32.1 Å². The van der Waals surface area contributed by atoms with Gasteiger partial charge in [-0.25, -0.2) is 4.79 Å². The number of Topliss-reactive ketones (excluding diaryl/α,β-unsaturated/α-hetero) is 4. The maximum Gasteiger partial charge on any atom is 0.412 e. The maximum absolute atomic E-state index is 14.1. The van der Waals surface area contributed by atoms with Crippen LogP contribution in [0.3, 0.4) is 0 Å². The topological polar surface area (TPSA) is 197 Å². The normalized spacial score (nSPS) is 27.4. The number of carbonyl (C=O) groups excluding carboxylic acids is 6. The minimum atomic E-state index is -2.82. The number of anilines is 1. The Kier molecular flexibility index (Phi) is 8.23. The van der Waals surface area contributed by atoms with Crippen molar-refractivity contribution in [3.63, 3.8) is 0 Å². The molecule has 2 amide bonds. The van der Waals surface area contributed by atoms with E-state index in [1.165, 1.54) is 31.1 Å². The van der Waals surface area contributed by atoms with Crippen molar-refractivity contribution in [2.75, 3.05) is 33.1 Å². The molecular formula is C31H33ClN4O9. The number of phenolic OH excluding ortho intramolecular Hbond substituents is 1. The first-order chi connectivity index (χ1) is 21.1. The molecule has 2 aromatic rings. The molecule has 2 fully saturated rings. The van der Waals surface area contributed by atoms with Crippen LogP contribution in [-0.4, -0.2) is 90.1 Å². The van der Waals surface area contributed by atoms with Crippen LogP contribution < -0.4 is 20.7 Å². The van der Waals surface area contributed by atoms with E-state index in [-0.39, 0.29) is 36.3 Å². The van der Waals surface area contributed by atoms with Crippen LogP contribution in [0.5, 0.6) is 11.5 Å². The summed E-state index contributed by atoms with van der Waals surface area (Å²) in [4.78, 5) is 82.7. The van der Waals surface area contributed by atoms with E-state index in [0.717, 1.165) is 0 Å². The number of nitrogens with zero attached hydrogens (tertiary/aromatic N) is 2. The summed E-state index contributed by atoms with van der Waals surface area (Å²) in [5.74, 6) is -11.1. The predicted octanol–water partition coefficient (Wildman–Crippen LogP) is 0.875. The summed E-state index contributed by atoms with van der Waals surface area (Å²) in [6, 6.07) is 6.50. The number of amides is 2. The fraction of sp³-hybridized carbons (Fsp3) is 0.419. The minimum Gasteiger partial charge on any atom is -0.507 e. The lowest BCUT2D eigenvalue weighted by Crippen LogP contribution is -2.74. The van der Waals surface area contributed by atoms with Gasteiger partial charge in [0.15, 0.2) is 34.7 Å². The highest BCUT2D eigenvalue weighted by atomic mass is 35.5. The zero-order valence-corrected chi connectivity index (χ0v) is 25.8. The van der Waals surface area contributed by atoms with Crippen molar-refractivity contribution in [2.45, 2.75) is 31.0 Å². The van der Waals surface area contributed by atoms with Gasteiger partial charge in [0.05, 0.1) is 17.5 Å². The lowest BCUT2D eigenvalue weighted by atomic mass is 9.52. The number of primary amides is 1. The molecule has 0 aliphatic heterocycles. The molecule has 2 saturated carbocycles. The average Bonchev–Trinajstić information content (AvgIpc) is 2.95. The number of benzene rings is 2. The number of ketones is 4. The highest BCUT2D eigenvalue weighted by Gasteiger charge is 2.69. The standard InChI is InChI=1S/C31H33ClN4O9/c1-35(2)19-11-14(12-34-30(43)45-16-7-5-15(32)6-8-16)24(37)21-17(19)9-13-10-18-23(36(3)4)26(39)22(29(33)42)28(41)31(18,44)27(40)20(13)25(21)38/h5-8,11,13,18,20,22-23,37,44H,9-10,12H2,1-4H3,(H2,33,42)(H,34,43)/t13-,18-,20?,22?,23-,31-/m0/s1. The number of halogens is 1. The zero-order chi connectivity index (χ0) is 33.1. The molecule has 45 heavy (non-hydrogen) atoms. The molecule has 0 saturated heterocycles. The highest BCUT2D eigenvalue weighted by Crippen LogP contribution is 2.52. The Morgan fingerprint density at radius 3 is 2.31 bits per heavy atom. The number of hydrogen-bond acceptors (Lipinski definition) is 11. The third-order valence-corrected chi connectivity index (χ3v) is 9.30. The van der Waals surface area contributed by atoms with Crippen LogP contribution in [0.15, 0.2) is 30.3 Å². The molecule has 238 valence electrons. The number of phenols is 1. The molecule has 3 aliphatic rings. The predicted molar refractivity (Wildman–Crippen MR) is 160 cm³/mol. The van der Waals surface area contributed by atoms with Crippen LogP contribution >= 0.6 is 11.6 Å². The molecule has 2 aromatic carbocycles. The summed E-state index contributed by atoms with van der Waals surface area (Å²) in [5, 5.41) is 26.1. The molecule has 14 heteroatoms. The monoisotopic (exact) mass is 640 g/mol. The van der Waals surface area contributed by atoms with E-state index in [1.807, 2.05) is 0 Å². The van der Waals surface area contributed by atoms with Gasteiger partial charge in [0.25, 0.3) is 0 Å². The summed E-state index contributed by atoms with van der Waals surface area (Å²) < 4.78 is 5.22. The Labute approximate surface area is 263 Å². The average molecular weight is 641 g/mol. The fourth-order valence-electron chi connectivity index (χ4n) is 7.05. The van der Waals surface area contributed by atoms with Gasteiger partial charge in [-0.05, 0) is 68.8 Å². The maximum atomic E-state index is 14.1. The number of likely N-dealkylation sites (N-methyl/N-ethyl adjacent to an activating group) is 1. The molecule has 6 atom stereocenters. The molecule has 0 bridgehead atoms. The Hall–Kier alpha value is -4.33. The summed E-state index contributed by atoms with van der Waals surface area (Å²) in [6.07, 6.45) is -0.788. The smallest absolute Gasteiger partial charge is 0.412 e. The number of aromatic hydroxyl groups is 1. The van der Waals surface area contributed by atoms with Crippen molar-refractivity contribution in [1.29, 1.82) is 0 Å². The second kappa shape index (κ2) is 11.5. The number of aliphatic hydroxyl groups is 1. The second-order valence-corrected chi connectivity index (χ2v) is 12.6. The van der Waals surface area contributed by atoms with E-state index >= 15 is 0 Å². The number of carbonyl (C=O) groups is 6. The lowest BCUT2D eigenvalue weighted by molar-refractivity contribution is -0.181. The van der Waals surface area contributed by atoms with Crippen molar-refractivity contribution >= 4 is 52.4 Å². The van der Waals surface area contributed by atoms with Gasteiger partial charge in [-0.1, -0.05) is 11.6 Å². The summed E-state index contributed by atoms with van der Waals surface area (Å²) >= 11 is 5.86. The van der Waals surface area contributed by atoms with Gasteiger partial charge in [-0.3, -0.25) is 28.9 Å². The second-order valence-electron chi connectivity index (χ2n) is 12.1. The number of rotatable bonds is 6. The van der Waals surface area contributed by atoms with Crippen molar-refractivity contribution < 1.29 is 43.7 Å². The Bertz CT molecular complexity index is 1640. The van der Waals surface area contributed by atoms with E-state index in [9.17, 15) is 39.0 Å². The van der Waals surface area contributed by atoms with Gasteiger partial charge < -0.3 is 30.9 Å². The molecular weight excluding hydrogens is 608 g/mol. The summed E-state index contributed by atoms with van der Waals surface area (Å²) in [5.41, 5.74) is 3.52. The fourth-order valence-corrected chi connectivity index (χ4v) is 7.18. The van der Waals surface area contributed by atoms with E-state index < -0.39 is 76.2 Å². The number of hydrogen-bond donors (Lipinski definition) is 4. The first kappa shape index (κ1) is 32.1. The van der Waals surface area contributed by atoms with Gasteiger partial charge in [0.2, 0.25) is 5.91 Å². The highest BCUT2D eigenvalue weighted by molar-refractivity contribution is 6.32. The van der Waals surface area contributed by atoms with Gasteiger partial charge >= 0.3 is 6.09 Å². The number of ether oxygens (including phenoxy) is 1. The number of nitrogens with one attached hydrogen (secondary N) is 1. The molecule has 5 N–H and O–H groups in total. The summed E-state index contributed by atoms with van der Waals surface area (Å²) in [7, 11) is 6.50. The Morgan fingerprint density at radius 2 is 1.73 bits per heavy atom. The Morgan fingerprint density at radius 1 is 1.09 bits per heavy atom. The van der Waals surface area contributed by atoms with Crippen molar-refractivity contribution in [2.24, 2.45) is 29.4 Å². The third kappa shape index (κ3) is 5.14. The molecule has 0 heterocycles. The van der Waals surface area contributed by atoms with Crippen molar-refractivity contribution in [3.8, 4) is 11.5 Å².